The number of ether oxygens (including phenoxy) is 1. The first kappa shape index (κ1) is 14.8. The number of rotatable bonds is 3. The van der Waals surface area contributed by atoms with E-state index in [2.05, 4.69) is 36.4 Å². The number of Topliss-reactive ketones (excluding diaryl/α,β-unsaturated/α-hetero) is 1. The summed E-state index contributed by atoms with van der Waals surface area (Å²) in [7, 11) is 0. The third-order valence-electron chi connectivity index (χ3n) is 4.73. The predicted molar refractivity (Wildman–Crippen MR) is 82.7 cm³/mol. The van der Waals surface area contributed by atoms with Crippen LogP contribution in [-0.2, 0) is 17.7 Å². The van der Waals surface area contributed by atoms with Gasteiger partial charge in [-0.3, -0.25) is 9.69 Å². The minimum atomic E-state index is 0.0725. The third-order valence-corrected chi connectivity index (χ3v) is 4.73. The first-order valence-electron chi connectivity index (χ1n) is 8.04. The normalized spacial score (nSPS) is 25.9. The molecule has 1 aromatic heterocycles. The zero-order valence-electron chi connectivity index (χ0n) is 13.4. The topological polar surface area (TPSA) is 34.5 Å². The van der Waals surface area contributed by atoms with Gasteiger partial charge in [0.1, 0.15) is 0 Å². The molecule has 1 aromatic rings. The molecule has 3 rings (SSSR count). The summed E-state index contributed by atoms with van der Waals surface area (Å²) in [5.41, 5.74) is 2.20. The molecule has 2 aliphatic rings. The third kappa shape index (κ3) is 3.06. The maximum absolute atomic E-state index is 12.3. The minimum Gasteiger partial charge on any atom is -0.374 e. The molecule has 2 heterocycles. The van der Waals surface area contributed by atoms with E-state index < -0.39 is 0 Å². The first-order chi connectivity index (χ1) is 9.98. The first-order valence-corrected chi connectivity index (χ1v) is 8.04. The van der Waals surface area contributed by atoms with Crippen LogP contribution in [0.5, 0.6) is 0 Å². The van der Waals surface area contributed by atoms with Gasteiger partial charge in [-0.15, -0.1) is 0 Å². The van der Waals surface area contributed by atoms with Crippen LogP contribution < -0.4 is 0 Å². The van der Waals surface area contributed by atoms with E-state index in [0.29, 0.717) is 12.2 Å². The van der Waals surface area contributed by atoms with Gasteiger partial charge in [0.25, 0.3) is 0 Å². The van der Waals surface area contributed by atoms with Crippen LogP contribution >= 0.6 is 0 Å². The van der Waals surface area contributed by atoms with Gasteiger partial charge in [-0.2, -0.15) is 0 Å². The molecule has 0 amide bonds. The van der Waals surface area contributed by atoms with E-state index in [1.54, 1.807) is 0 Å². The lowest BCUT2D eigenvalue weighted by Gasteiger charge is -2.34. The maximum atomic E-state index is 12.3. The van der Waals surface area contributed by atoms with Crippen molar-refractivity contribution >= 4 is 5.78 Å². The van der Waals surface area contributed by atoms with Gasteiger partial charge < -0.3 is 9.30 Å². The molecule has 4 nitrogen and oxygen atoms in total. The Morgan fingerprint density at radius 2 is 2.19 bits per heavy atom. The number of nitrogens with zero attached hydrogens (tertiary/aromatic N) is 2. The molecule has 0 radical (unpaired) electrons. The molecule has 0 spiro atoms. The Kier molecular flexibility index (Phi) is 3.93. The van der Waals surface area contributed by atoms with E-state index in [9.17, 15) is 4.79 Å². The number of morpholine rings is 1. The second-order valence-electron chi connectivity index (χ2n) is 7.16. The molecule has 1 unspecified atom stereocenters. The Labute approximate surface area is 127 Å². The molecule has 1 aliphatic carbocycles. The van der Waals surface area contributed by atoms with Crippen LogP contribution in [-0.4, -0.2) is 47.6 Å². The summed E-state index contributed by atoms with van der Waals surface area (Å²) >= 11 is 0. The molecule has 0 aromatic carbocycles. The van der Waals surface area contributed by atoms with Crippen LogP contribution in [0.1, 0.15) is 43.2 Å². The van der Waals surface area contributed by atoms with E-state index in [-0.39, 0.29) is 11.5 Å². The number of likely N-dealkylation sites (N-methyl/N-ethyl adjacent to an activating group) is 1. The van der Waals surface area contributed by atoms with Gasteiger partial charge in [0.05, 0.1) is 12.7 Å². The largest absolute Gasteiger partial charge is 0.374 e. The Hall–Kier alpha value is -1.13. The zero-order valence-corrected chi connectivity index (χ0v) is 13.4. The van der Waals surface area contributed by atoms with Crippen LogP contribution in [0, 0.1) is 5.41 Å². The van der Waals surface area contributed by atoms with Crippen molar-refractivity contribution in [1.29, 1.82) is 0 Å². The van der Waals surface area contributed by atoms with Crippen LogP contribution in [0.4, 0.5) is 0 Å². The summed E-state index contributed by atoms with van der Waals surface area (Å²) in [4.78, 5) is 14.7. The van der Waals surface area contributed by atoms with Gasteiger partial charge in [-0.25, -0.2) is 0 Å². The van der Waals surface area contributed by atoms with E-state index in [0.717, 1.165) is 44.8 Å². The molecule has 1 atom stereocenters. The molecule has 21 heavy (non-hydrogen) atoms. The molecular formula is C17H26N2O2. The molecule has 1 saturated heterocycles. The number of hydrogen-bond acceptors (Lipinski definition) is 3. The molecule has 0 saturated carbocycles. The maximum Gasteiger partial charge on any atom is 0.165 e. The monoisotopic (exact) mass is 290 g/mol. The van der Waals surface area contributed by atoms with Gasteiger partial charge in [0, 0.05) is 43.5 Å². The van der Waals surface area contributed by atoms with Crippen LogP contribution in [0.3, 0.4) is 0 Å². The van der Waals surface area contributed by atoms with Crippen molar-refractivity contribution in [2.45, 2.75) is 46.3 Å². The fourth-order valence-corrected chi connectivity index (χ4v) is 3.57. The van der Waals surface area contributed by atoms with Gasteiger partial charge in [0.2, 0.25) is 0 Å². The molecular weight excluding hydrogens is 264 g/mol. The summed E-state index contributed by atoms with van der Waals surface area (Å²) in [5, 5.41) is 0. The molecule has 0 N–H and O–H groups in total. The number of carbonyl (C=O) groups is 1. The Morgan fingerprint density at radius 1 is 1.38 bits per heavy atom. The lowest BCUT2D eigenvalue weighted by molar-refractivity contribution is -0.0347. The Morgan fingerprint density at radius 3 is 2.95 bits per heavy atom. The number of fused-ring (bicyclic) bond motifs is 1. The standard InChI is InChI=1S/C17H26N2O2/c1-4-18-7-8-21-13(11-18)12-19-6-5-14-15(19)9-17(2,3)10-16(14)20/h5-6,13H,4,7-12H2,1-3H3. The lowest BCUT2D eigenvalue weighted by Crippen LogP contribution is -2.44. The fraction of sp³-hybridized carbons (Fsp3) is 0.706. The highest BCUT2D eigenvalue weighted by atomic mass is 16.5. The molecule has 1 fully saturated rings. The van der Waals surface area contributed by atoms with Crippen molar-refractivity contribution in [3.05, 3.63) is 23.5 Å². The second kappa shape index (κ2) is 5.58. The van der Waals surface area contributed by atoms with Crippen LogP contribution in [0.2, 0.25) is 0 Å². The molecule has 116 valence electrons. The van der Waals surface area contributed by atoms with Crippen LogP contribution in [0.25, 0.3) is 0 Å². The van der Waals surface area contributed by atoms with E-state index >= 15 is 0 Å². The average Bonchev–Trinajstić information content (AvgIpc) is 2.81. The van der Waals surface area contributed by atoms with Gasteiger partial charge in [0.15, 0.2) is 5.78 Å². The summed E-state index contributed by atoms with van der Waals surface area (Å²) in [6.07, 6.45) is 3.94. The predicted octanol–water partition coefficient (Wildman–Crippen LogP) is 2.36. The van der Waals surface area contributed by atoms with Crippen molar-refractivity contribution in [2.24, 2.45) is 5.41 Å². The van der Waals surface area contributed by atoms with Gasteiger partial charge in [-0.05, 0) is 24.4 Å². The summed E-state index contributed by atoms with van der Waals surface area (Å²) in [6, 6.07) is 1.99. The number of hydrogen-bond donors (Lipinski definition) is 0. The summed E-state index contributed by atoms with van der Waals surface area (Å²) in [6.45, 7) is 11.3. The summed E-state index contributed by atoms with van der Waals surface area (Å²) < 4.78 is 8.15. The van der Waals surface area contributed by atoms with E-state index in [1.165, 1.54) is 5.69 Å². The number of aromatic nitrogens is 1. The quantitative estimate of drug-likeness (QED) is 0.857. The Bertz CT molecular complexity index is 533. The summed E-state index contributed by atoms with van der Waals surface area (Å²) in [5.74, 6) is 0.291. The number of carbonyl (C=O) groups excluding carboxylic acids is 1. The van der Waals surface area contributed by atoms with Crippen molar-refractivity contribution in [1.82, 2.24) is 9.47 Å². The van der Waals surface area contributed by atoms with Crippen molar-refractivity contribution in [2.75, 3.05) is 26.2 Å². The smallest absolute Gasteiger partial charge is 0.165 e. The average molecular weight is 290 g/mol. The van der Waals surface area contributed by atoms with Crippen molar-refractivity contribution in [3.8, 4) is 0 Å². The minimum absolute atomic E-state index is 0.0725. The van der Waals surface area contributed by atoms with Crippen molar-refractivity contribution in [3.63, 3.8) is 0 Å². The SMILES string of the molecule is CCN1CCOC(Cn2ccc3c2CC(C)(C)CC3=O)C1. The highest BCUT2D eigenvalue weighted by Gasteiger charge is 2.33. The molecule has 0 bridgehead atoms. The Balaban J connectivity index is 1.77. The van der Waals surface area contributed by atoms with Gasteiger partial charge in [-0.1, -0.05) is 20.8 Å². The zero-order chi connectivity index (χ0) is 15.0. The second-order valence-corrected chi connectivity index (χ2v) is 7.16. The molecule has 1 aliphatic heterocycles. The highest BCUT2D eigenvalue weighted by Crippen LogP contribution is 2.35. The molecule has 4 heteroatoms. The van der Waals surface area contributed by atoms with E-state index in [4.69, 9.17) is 4.74 Å². The fourth-order valence-electron chi connectivity index (χ4n) is 3.57. The highest BCUT2D eigenvalue weighted by molar-refractivity contribution is 5.98. The van der Waals surface area contributed by atoms with Gasteiger partial charge >= 0.3 is 0 Å². The van der Waals surface area contributed by atoms with Crippen molar-refractivity contribution < 1.29 is 9.53 Å². The van der Waals surface area contributed by atoms with Crippen LogP contribution in [0.15, 0.2) is 12.3 Å². The lowest BCUT2D eigenvalue weighted by atomic mass is 9.76. The number of ketones is 1. The van der Waals surface area contributed by atoms with E-state index in [1.807, 2.05) is 6.07 Å².